The van der Waals surface area contributed by atoms with Gasteiger partial charge in [0.1, 0.15) is 0 Å². The van der Waals surface area contributed by atoms with E-state index in [2.05, 4.69) is 334 Å². The smallest absolute Gasteiger partial charge is 0.252 e. The van der Waals surface area contributed by atoms with E-state index in [1.807, 2.05) is 0 Å². The predicted molar refractivity (Wildman–Crippen MR) is 399 cm³/mol. The molecule has 12 aromatic carbocycles. The summed E-state index contributed by atoms with van der Waals surface area (Å²) in [6.07, 6.45) is 4.54. The fourth-order valence-electron chi connectivity index (χ4n) is 17.8. The van der Waals surface area contributed by atoms with Gasteiger partial charge >= 0.3 is 0 Å². The highest BCUT2D eigenvalue weighted by Gasteiger charge is 2.47. The number of aromatic nitrogens is 3. The lowest BCUT2D eigenvalue weighted by Crippen LogP contribution is -2.61. The minimum absolute atomic E-state index is 0.0316. The van der Waals surface area contributed by atoms with Gasteiger partial charge in [-0.2, -0.15) is 0 Å². The van der Waals surface area contributed by atoms with Gasteiger partial charge in [-0.25, -0.2) is 0 Å². The van der Waals surface area contributed by atoms with Gasteiger partial charge in [-0.3, -0.25) is 0 Å². The molecule has 0 fully saturated rings. The highest BCUT2D eigenvalue weighted by Crippen LogP contribution is 2.54. The Bertz CT molecular complexity index is 5430. The van der Waals surface area contributed by atoms with Crippen LogP contribution in [0.2, 0.25) is 0 Å². The Morgan fingerprint density at radius 2 is 0.606 bits per heavy atom. The van der Waals surface area contributed by atoms with Crippen LogP contribution in [0.4, 0.5) is 34.1 Å². The Morgan fingerprint density at radius 1 is 0.255 bits per heavy atom. The molecule has 0 amide bonds. The van der Waals surface area contributed by atoms with Gasteiger partial charge in [-0.15, -0.1) is 0 Å². The second-order valence-electron chi connectivity index (χ2n) is 30.2. The molecule has 0 bridgehead atoms. The molecular weight excluding hydrogens is 1140 g/mol. The van der Waals surface area contributed by atoms with Crippen molar-refractivity contribution in [2.75, 3.05) is 9.80 Å². The van der Waals surface area contributed by atoms with Crippen molar-refractivity contribution in [3.63, 3.8) is 0 Å². The van der Waals surface area contributed by atoms with Gasteiger partial charge in [-0.05, 0) is 212 Å². The zero-order valence-electron chi connectivity index (χ0n) is 54.9. The molecule has 0 N–H and O–H groups in total. The van der Waals surface area contributed by atoms with E-state index >= 15 is 0 Å². The minimum atomic E-state index is -0.171. The molecule has 454 valence electrons. The van der Waals surface area contributed by atoms with Gasteiger partial charge in [0.15, 0.2) is 0 Å². The molecule has 94 heavy (non-hydrogen) atoms. The summed E-state index contributed by atoms with van der Waals surface area (Å²) < 4.78 is 7.46. The Kier molecular flexibility index (Phi) is 11.6. The molecule has 15 aromatic rings. The molecule has 0 unspecified atom stereocenters. The molecule has 2 aliphatic heterocycles. The summed E-state index contributed by atoms with van der Waals surface area (Å²) in [4.78, 5) is 5.42. The van der Waals surface area contributed by atoms with Crippen LogP contribution in [0.5, 0.6) is 0 Å². The van der Waals surface area contributed by atoms with E-state index in [4.69, 9.17) is 0 Å². The van der Waals surface area contributed by atoms with Crippen molar-refractivity contribution in [3.8, 4) is 28.2 Å². The Hall–Kier alpha value is -10.3. The fourth-order valence-corrected chi connectivity index (χ4v) is 17.8. The minimum Gasteiger partial charge on any atom is -0.311 e. The van der Waals surface area contributed by atoms with Crippen molar-refractivity contribution in [3.05, 3.63) is 277 Å². The highest BCUT2D eigenvalue weighted by molar-refractivity contribution is 7.00. The van der Waals surface area contributed by atoms with Crippen molar-refractivity contribution < 1.29 is 0 Å². The second kappa shape index (κ2) is 19.6. The lowest BCUT2D eigenvalue weighted by molar-refractivity contribution is 0.332. The van der Waals surface area contributed by atoms with E-state index in [0.717, 1.165) is 42.7 Å². The van der Waals surface area contributed by atoms with E-state index in [1.165, 1.54) is 149 Å². The third-order valence-corrected chi connectivity index (χ3v) is 22.9. The maximum absolute atomic E-state index is 2.71. The average molecular weight is 1210 g/mol. The SMILES string of the molecule is CC1(C)CCC(C)(C)c2cc(N3c4cc5c(cc4B4c6cc7c8ccccc8n(-c8ccccc8)c7cc6N(c6ccc7c(c6)C(C)(C)CCC7(C)C)c6cc(-c7ccc8c(c7)c7ccccc7n8-c7ccccc7)cc3c64)c3ccccc3n5-c3ccccc3)ccc21. The van der Waals surface area contributed by atoms with E-state index < -0.39 is 0 Å². The van der Waals surface area contributed by atoms with Gasteiger partial charge in [0.25, 0.3) is 6.71 Å². The third-order valence-electron chi connectivity index (χ3n) is 22.9. The lowest BCUT2D eigenvalue weighted by atomic mass is 9.33. The van der Waals surface area contributed by atoms with Crippen LogP contribution >= 0.6 is 0 Å². The first kappa shape index (κ1) is 55.4. The Balaban J connectivity index is 0.984. The standard InChI is InChI=1S/C88H74BN5/c1-85(2)42-44-87(5,6)70-49-60(37-39-68(70)85)93-80-53-78-66(63-31-19-22-34-75(63)91(78)58-26-14-10-15-27-58)51-72(80)89-73-52-67-64-32-20-23-35-76(64)92(59-28-16-11-17-29-59)79(67)54-81(73)94(61-38-40-69-71(50-61)88(7,8)45-43-86(69,3)4)83-48-56(47-82(93)84(83)89)55-36-41-77-65(46-55)62-30-18-21-33-74(62)90(77)57-24-12-9-13-25-57/h9-41,46-54H,42-45H2,1-8H3. The summed E-state index contributed by atoms with van der Waals surface area (Å²) in [5, 5.41) is 7.47. The van der Waals surface area contributed by atoms with Crippen LogP contribution in [-0.4, -0.2) is 20.4 Å². The van der Waals surface area contributed by atoms with Crippen LogP contribution in [0, 0.1) is 0 Å². The maximum Gasteiger partial charge on any atom is 0.252 e. The molecule has 0 spiro atoms. The lowest BCUT2D eigenvalue weighted by Gasteiger charge is -2.46. The van der Waals surface area contributed by atoms with Crippen LogP contribution in [0.3, 0.4) is 0 Å². The molecule has 2 aliphatic carbocycles. The number of benzene rings is 12. The first-order valence-electron chi connectivity index (χ1n) is 34.0. The number of hydrogen-bond acceptors (Lipinski definition) is 2. The first-order valence-corrected chi connectivity index (χ1v) is 34.0. The van der Waals surface area contributed by atoms with Crippen molar-refractivity contribution in [2.24, 2.45) is 0 Å². The normalized spacial score (nSPS) is 16.4. The summed E-state index contributed by atoms with van der Waals surface area (Å²) in [6.45, 7) is 19.6. The highest BCUT2D eigenvalue weighted by atomic mass is 15.2. The van der Waals surface area contributed by atoms with Crippen LogP contribution < -0.4 is 26.2 Å². The maximum atomic E-state index is 2.71. The molecule has 0 saturated heterocycles. The average Bonchev–Trinajstić information content (AvgIpc) is 1.06. The Labute approximate surface area is 550 Å². The molecule has 19 rings (SSSR count). The largest absolute Gasteiger partial charge is 0.311 e. The number of para-hydroxylation sites is 6. The molecule has 5 nitrogen and oxygen atoms in total. The fraction of sp³-hybridized carbons (Fsp3) is 0.182. The van der Waals surface area contributed by atoms with Crippen molar-refractivity contribution in [1.82, 2.24) is 13.7 Å². The molecule has 5 heterocycles. The number of nitrogens with zero attached hydrogens (tertiary/aromatic N) is 5. The molecular formula is C88H74BN5. The number of anilines is 6. The Morgan fingerprint density at radius 3 is 1.02 bits per heavy atom. The summed E-state index contributed by atoms with van der Waals surface area (Å²) in [5.74, 6) is 0. The topological polar surface area (TPSA) is 21.3 Å². The van der Waals surface area contributed by atoms with E-state index in [9.17, 15) is 0 Å². The van der Waals surface area contributed by atoms with Gasteiger partial charge in [0.2, 0.25) is 0 Å². The van der Waals surface area contributed by atoms with E-state index in [-0.39, 0.29) is 28.4 Å². The van der Waals surface area contributed by atoms with Crippen molar-refractivity contribution >= 4 is 123 Å². The molecule has 0 atom stereocenters. The summed E-state index contributed by atoms with van der Waals surface area (Å²) in [7, 11) is 0. The second-order valence-corrected chi connectivity index (χ2v) is 30.2. The van der Waals surface area contributed by atoms with E-state index in [0.29, 0.717) is 0 Å². The van der Waals surface area contributed by atoms with E-state index in [1.54, 1.807) is 0 Å². The van der Waals surface area contributed by atoms with Crippen molar-refractivity contribution in [1.29, 1.82) is 0 Å². The summed E-state index contributed by atoms with van der Waals surface area (Å²) >= 11 is 0. The molecule has 0 saturated carbocycles. The van der Waals surface area contributed by atoms with Crippen molar-refractivity contribution in [2.45, 2.75) is 103 Å². The molecule has 4 aliphatic rings. The third kappa shape index (κ3) is 7.89. The summed E-state index contributed by atoms with van der Waals surface area (Å²) in [5.41, 5.74) is 29.9. The number of hydrogen-bond donors (Lipinski definition) is 0. The zero-order valence-corrected chi connectivity index (χ0v) is 54.9. The first-order chi connectivity index (χ1) is 45.6. The molecule has 0 radical (unpaired) electrons. The van der Waals surface area contributed by atoms with Gasteiger partial charge < -0.3 is 23.5 Å². The van der Waals surface area contributed by atoms with Crippen LogP contribution in [-0.2, 0) is 21.7 Å². The van der Waals surface area contributed by atoms with Gasteiger partial charge in [0, 0.05) is 83.5 Å². The van der Waals surface area contributed by atoms with Crippen LogP contribution in [0.25, 0.3) is 93.6 Å². The number of fused-ring (bicyclic) bond motifs is 15. The quantitative estimate of drug-likeness (QED) is 0.155. The summed E-state index contributed by atoms with van der Waals surface area (Å²) in [6, 6.07) is 98.0. The monoisotopic (exact) mass is 1210 g/mol. The number of rotatable bonds is 6. The van der Waals surface area contributed by atoms with Crippen LogP contribution in [0.1, 0.15) is 103 Å². The van der Waals surface area contributed by atoms with Crippen LogP contribution in [0.15, 0.2) is 255 Å². The van der Waals surface area contributed by atoms with Gasteiger partial charge in [0.05, 0.1) is 33.1 Å². The zero-order chi connectivity index (χ0) is 63.3. The molecule has 6 heteroatoms. The van der Waals surface area contributed by atoms with Gasteiger partial charge in [-0.1, -0.05) is 195 Å². The predicted octanol–water partition coefficient (Wildman–Crippen LogP) is 21.4. The molecule has 3 aromatic heterocycles.